The molecule has 16 heavy (non-hydrogen) atoms. The fourth-order valence-electron chi connectivity index (χ4n) is 3.10. The Morgan fingerprint density at radius 2 is 1.88 bits per heavy atom. The summed E-state index contributed by atoms with van der Waals surface area (Å²) in [5, 5.41) is 3.55. The second-order valence-corrected chi connectivity index (χ2v) is 6.43. The molecule has 2 atom stereocenters. The van der Waals surface area contributed by atoms with E-state index in [0.29, 0.717) is 0 Å². The average Bonchev–Trinajstić information content (AvgIpc) is 2.55. The average molecular weight is 242 g/mol. The van der Waals surface area contributed by atoms with Gasteiger partial charge in [-0.3, -0.25) is 0 Å². The molecule has 0 aromatic carbocycles. The van der Waals surface area contributed by atoms with Crippen molar-refractivity contribution in [3.63, 3.8) is 0 Å². The van der Waals surface area contributed by atoms with E-state index in [1.54, 1.807) is 0 Å². The van der Waals surface area contributed by atoms with Crippen LogP contribution in [0.2, 0.25) is 0 Å². The van der Waals surface area contributed by atoms with Gasteiger partial charge in [0, 0.05) is 37.2 Å². The maximum atomic E-state index is 3.55. The standard InChI is InChI=1S/C13H26N2S/c1-14-13-6-4-2-3-5-12(13)11-15-7-9-16-10-8-15/h12-14H,2-11H2,1H3. The Kier molecular flexibility index (Phi) is 5.46. The molecule has 3 heteroatoms. The van der Waals surface area contributed by atoms with Crippen molar-refractivity contribution in [1.82, 2.24) is 10.2 Å². The Balaban J connectivity index is 1.83. The Morgan fingerprint density at radius 3 is 2.62 bits per heavy atom. The lowest BCUT2D eigenvalue weighted by atomic mass is 9.94. The first kappa shape index (κ1) is 12.7. The van der Waals surface area contributed by atoms with Gasteiger partial charge in [0.25, 0.3) is 0 Å². The van der Waals surface area contributed by atoms with Crippen LogP contribution >= 0.6 is 11.8 Å². The first-order chi connectivity index (χ1) is 7.90. The fraction of sp³-hybridized carbons (Fsp3) is 1.00. The molecule has 1 aliphatic carbocycles. The summed E-state index contributed by atoms with van der Waals surface area (Å²) in [6.45, 7) is 3.97. The summed E-state index contributed by atoms with van der Waals surface area (Å²) in [7, 11) is 2.15. The van der Waals surface area contributed by atoms with Gasteiger partial charge in [-0.1, -0.05) is 19.3 Å². The summed E-state index contributed by atoms with van der Waals surface area (Å²) >= 11 is 2.11. The van der Waals surface area contributed by atoms with Crippen LogP contribution in [0.4, 0.5) is 0 Å². The molecule has 1 N–H and O–H groups in total. The molecule has 0 aromatic heterocycles. The van der Waals surface area contributed by atoms with Crippen molar-refractivity contribution in [3.05, 3.63) is 0 Å². The predicted molar refractivity (Wildman–Crippen MR) is 73.2 cm³/mol. The quantitative estimate of drug-likeness (QED) is 0.764. The van der Waals surface area contributed by atoms with Gasteiger partial charge in [0.05, 0.1) is 0 Å². The Bertz CT molecular complexity index is 192. The van der Waals surface area contributed by atoms with Crippen LogP contribution in [0.5, 0.6) is 0 Å². The van der Waals surface area contributed by atoms with Crippen molar-refractivity contribution < 1.29 is 0 Å². The first-order valence-corrected chi connectivity index (χ1v) is 8.03. The van der Waals surface area contributed by atoms with Crippen LogP contribution in [-0.4, -0.2) is 49.1 Å². The first-order valence-electron chi connectivity index (χ1n) is 6.87. The SMILES string of the molecule is CNC1CCCCCC1CN1CCSCC1. The van der Waals surface area contributed by atoms with Gasteiger partial charge in [0.1, 0.15) is 0 Å². The van der Waals surface area contributed by atoms with Gasteiger partial charge >= 0.3 is 0 Å². The van der Waals surface area contributed by atoms with Crippen molar-refractivity contribution >= 4 is 11.8 Å². The fourth-order valence-corrected chi connectivity index (χ4v) is 4.08. The number of rotatable bonds is 3. The summed E-state index contributed by atoms with van der Waals surface area (Å²) in [5.74, 6) is 3.59. The molecule has 1 saturated heterocycles. The molecule has 1 heterocycles. The molecule has 0 aromatic rings. The third-order valence-electron chi connectivity index (χ3n) is 4.13. The smallest absolute Gasteiger partial charge is 0.0104 e. The third kappa shape index (κ3) is 3.64. The van der Waals surface area contributed by atoms with Crippen LogP contribution in [-0.2, 0) is 0 Å². The summed E-state index contributed by atoms with van der Waals surface area (Å²) in [6, 6.07) is 0.775. The van der Waals surface area contributed by atoms with Gasteiger partial charge in [0.15, 0.2) is 0 Å². The molecule has 2 aliphatic rings. The van der Waals surface area contributed by atoms with Crippen molar-refractivity contribution in [2.75, 3.05) is 38.2 Å². The topological polar surface area (TPSA) is 15.3 Å². The minimum Gasteiger partial charge on any atom is -0.317 e. The van der Waals surface area contributed by atoms with Crippen LogP contribution in [0, 0.1) is 5.92 Å². The van der Waals surface area contributed by atoms with Crippen LogP contribution in [0.1, 0.15) is 32.1 Å². The molecule has 0 spiro atoms. The van der Waals surface area contributed by atoms with Crippen LogP contribution in [0.3, 0.4) is 0 Å². The number of thioether (sulfide) groups is 1. The van der Waals surface area contributed by atoms with E-state index in [1.807, 2.05) is 0 Å². The van der Waals surface area contributed by atoms with E-state index >= 15 is 0 Å². The van der Waals surface area contributed by atoms with E-state index in [9.17, 15) is 0 Å². The van der Waals surface area contributed by atoms with Crippen molar-refractivity contribution in [2.45, 2.75) is 38.1 Å². The van der Waals surface area contributed by atoms with E-state index < -0.39 is 0 Å². The molecular weight excluding hydrogens is 216 g/mol. The maximum absolute atomic E-state index is 3.55. The minimum absolute atomic E-state index is 0.775. The summed E-state index contributed by atoms with van der Waals surface area (Å²) in [4.78, 5) is 2.69. The minimum atomic E-state index is 0.775. The molecular formula is C13H26N2S. The van der Waals surface area contributed by atoms with Crippen molar-refractivity contribution in [2.24, 2.45) is 5.92 Å². The Hall–Kier alpha value is 0.270. The Labute approximate surface area is 105 Å². The van der Waals surface area contributed by atoms with E-state index in [0.717, 1.165) is 12.0 Å². The highest BCUT2D eigenvalue weighted by Crippen LogP contribution is 2.25. The number of nitrogens with zero attached hydrogens (tertiary/aromatic N) is 1. The molecule has 0 radical (unpaired) electrons. The number of nitrogens with one attached hydrogen (secondary N) is 1. The van der Waals surface area contributed by atoms with Crippen LogP contribution < -0.4 is 5.32 Å². The lowest BCUT2D eigenvalue weighted by molar-refractivity contribution is 0.211. The molecule has 2 fully saturated rings. The van der Waals surface area contributed by atoms with Crippen molar-refractivity contribution in [1.29, 1.82) is 0 Å². The molecule has 2 rings (SSSR count). The second kappa shape index (κ2) is 6.87. The van der Waals surface area contributed by atoms with Gasteiger partial charge in [-0.15, -0.1) is 0 Å². The highest BCUT2D eigenvalue weighted by Gasteiger charge is 2.24. The van der Waals surface area contributed by atoms with E-state index in [4.69, 9.17) is 0 Å². The monoisotopic (exact) mass is 242 g/mol. The summed E-state index contributed by atoms with van der Waals surface area (Å²) in [6.07, 6.45) is 7.16. The predicted octanol–water partition coefficient (Wildman–Crippen LogP) is 2.20. The summed E-state index contributed by atoms with van der Waals surface area (Å²) < 4.78 is 0. The van der Waals surface area contributed by atoms with Crippen LogP contribution in [0.25, 0.3) is 0 Å². The molecule has 0 bridgehead atoms. The largest absolute Gasteiger partial charge is 0.317 e. The van der Waals surface area contributed by atoms with Gasteiger partial charge in [-0.2, -0.15) is 11.8 Å². The van der Waals surface area contributed by atoms with E-state index in [1.165, 1.54) is 63.2 Å². The molecule has 2 nitrogen and oxygen atoms in total. The lowest BCUT2D eigenvalue weighted by Gasteiger charge is -2.33. The van der Waals surface area contributed by atoms with Crippen LogP contribution in [0.15, 0.2) is 0 Å². The zero-order valence-electron chi connectivity index (χ0n) is 10.6. The van der Waals surface area contributed by atoms with Gasteiger partial charge in [0.2, 0.25) is 0 Å². The molecule has 1 aliphatic heterocycles. The highest BCUT2D eigenvalue weighted by molar-refractivity contribution is 7.99. The molecule has 94 valence electrons. The number of hydrogen-bond donors (Lipinski definition) is 1. The van der Waals surface area contributed by atoms with Gasteiger partial charge in [-0.05, 0) is 25.8 Å². The zero-order valence-corrected chi connectivity index (χ0v) is 11.4. The second-order valence-electron chi connectivity index (χ2n) is 5.21. The normalized spacial score (nSPS) is 33.6. The highest BCUT2D eigenvalue weighted by atomic mass is 32.2. The molecule has 2 unspecified atom stereocenters. The Morgan fingerprint density at radius 1 is 1.12 bits per heavy atom. The van der Waals surface area contributed by atoms with Gasteiger partial charge in [-0.25, -0.2) is 0 Å². The van der Waals surface area contributed by atoms with Gasteiger partial charge < -0.3 is 10.2 Å². The third-order valence-corrected chi connectivity index (χ3v) is 5.07. The number of hydrogen-bond acceptors (Lipinski definition) is 3. The van der Waals surface area contributed by atoms with E-state index in [-0.39, 0.29) is 0 Å². The molecule has 0 amide bonds. The van der Waals surface area contributed by atoms with E-state index in [2.05, 4.69) is 29.0 Å². The zero-order chi connectivity index (χ0) is 11.2. The molecule has 1 saturated carbocycles. The lowest BCUT2D eigenvalue weighted by Crippen LogP contribution is -2.43. The van der Waals surface area contributed by atoms with Crippen molar-refractivity contribution in [3.8, 4) is 0 Å². The maximum Gasteiger partial charge on any atom is 0.0104 e. The summed E-state index contributed by atoms with van der Waals surface area (Å²) in [5.41, 5.74) is 0.